The van der Waals surface area contributed by atoms with Gasteiger partial charge in [-0.1, -0.05) is 0 Å². The number of nitrogens with two attached hydrogens (primary N) is 1. The highest BCUT2D eigenvalue weighted by atomic mass is 16.5. The summed E-state index contributed by atoms with van der Waals surface area (Å²) in [4.78, 5) is 23.3. The molecule has 0 spiro atoms. The molecule has 1 aromatic carbocycles. The summed E-state index contributed by atoms with van der Waals surface area (Å²) in [5.74, 6) is -0.459. The number of benzene rings is 1. The zero-order valence-electron chi connectivity index (χ0n) is 11.2. The molecule has 1 amide bonds. The number of carbonyl (C=O) groups excluding carboxylic acids is 2. The summed E-state index contributed by atoms with van der Waals surface area (Å²) in [6.07, 6.45) is -0.851. The SMILES string of the molecule is CCNC(=O)C(C)OC(=O)c1ccc(OC)c(N)c1. The van der Waals surface area contributed by atoms with Gasteiger partial charge in [0, 0.05) is 6.54 Å². The second kappa shape index (κ2) is 6.63. The van der Waals surface area contributed by atoms with Gasteiger partial charge in [-0.2, -0.15) is 0 Å². The van der Waals surface area contributed by atoms with Crippen molar-refractivity contribution < 1.29 is 19.1 Å². The van der Waals surface area contributed by atoms with E-state index in [1.54, 1.807) is 13.0 Å². The van der Waals surface area contributed by atoms with Gasteiger partial charge in [-0.3, -0.25) is 4.79 Å². The standard InChI is InChI=1S/C13H18N2O4/c1-4-15-12(16)8(2)19-13(17)9-5-6-11(18-3)10(14)7-9/h5-8H,4,14H2,1-3H3,(H,15,16). The summed E-state index contributed by atoms with van der Waals surface area (Å²) in [5, 5.41) is 2.57. The number of hydrogen-bond donors (Lipinski definition) is 2. The van der Waals surface area contributed by atoms with Crippen LogP contribution in [0.15, 0.2) is 18.2 Å². The van der Waals surface area contributed by atoms with E-state index in [2.05, 4.69) is 5.32 Å². The van der Waals surface area contributed by atoms with Crippen LogP contribution in [-0.4, -0.2) is 31.6 Å². The Morgan fingerprint density at radius 3 is 2.63 bits per heavy atom. The Hall–Kier alpha value is -2.24. The van der Waals surface area contributed by atoms with E-state index in [9.17, 15) is 9.59 Å². The molecule has 0 aromatic heterocycles. The van der Waals surface area contributed by atoms with E-state index in [1.807, 2.05) is 0 Å². The van der Waals surface area contributed by atoms with E-state index < -0.39 is 12.1 Å². The Balaban J connectivity index is 2.73. The first kappa shape index (κ1) is 14.8. The fourth-order valence-corrected chi connectivity index (χ4v) is 1.46. The molecule has 104 valence electrons. The van der Waals surface area contributed by atoms with Crippen LogP contribution in [0.3, 0.4) is 0 Å². The summed E-state index contributed by atoms with van der Waals surface area (Å²) in [5.41, 5.74) is 6.30. The molecule has 19 heavy (non-hydrogen) atoms. The number of ether oxygens (including phenoxy) is 2. The third-order valence-electron chi connectivity index (χ3n) is 2.47. The van der Waals surface area contributed by atoms with E-state index in [1.165, 1.54) is 26.2 Å². The van der Waals surface area contributed by atoms with Crippen LogP contribution in [0.25, 0.3) is 0 Å². The maximum absolute atomic E-state index is 11.8. The molecule has 0 heterocycles. The van der Waals surface area contributed by atoms with Gasteiger partial charge in [0.15, 0.2) is 6.10 Å². The fourth-order valence-electron chi connectivity index (χ4n) is 1.46. The lowest BCUT2D eigenvalue weighted by molar-refractivity contribution is -0.128. The molecule has 0 saturated heterocycles. The number of nitrogens with one attached hydrogen (secondary N) is 1. The van der Waals surface area contributed by atoms with Gasteiger partial charge in [-0.05, 0) is 32.0 Å². The number of methoxy groups -OCH3 is 1. The topological polar surface area (TPSA) is 90.6 Å². The van der Waals surface area contributed by atoms with Crippen LogP contribution in [0.4, 0.5) is 5.69 Å². The number of carbonyl (C=O) groups is 2. The Labute approximate surface area is 111 Å². The summed E-state index contributed by atoms with van der Waals surface area (Å²) >= 11 is 0. The quantitative estimate of drug-likeness (QED) is 0.612. The lowest BCUT2D eigenvalue weighted by atomic mass is 10.2. The van der Waals surface area contributed by atoms with Crippen LogP contribution in [0.2, 0.25) is 0 Å². The largest absolute Gasteiger partial charge is 0.495 e. The number of likely N-dealkylation sites (N-methyl/N-ethyl adjacent to an activating group) is 1. The highest BCUT2D eigenvalue weighted by Crippen LogP contribution is 2.22. The van der Waals surface area contributed by atoms with Crippen LogP contribution in [0.1, 0.15) is 24.2 Å². The lowest BCUT2D eigenvalue weighted by Gasteiger charge is -2.13. The summed E-state index contributed by atoms with van der Waals surface area (Å²) in [7, 11) is 1.49. The van der Waals surface area contributed by atoms with Gasteiger partial charge in [0.1, 0.15) is 5.75 Å². The Bertz CT molecular complexity index is 474. The first-order valence-corrected chi connectivity index (χ1v) is 5.91. The van der Waals surface area contributed by atoms with Crippen molar-refractivity contribution in [3.63, 3.8) is 0 Å². The molecule has 1 atom stereocenters. The van der Waals surface area contributed by atoms with Gasteiger partial charge in [0.05, 0.1) is 18.4 Å². The molecule has 1 aromatic rings. The van der Waals surface area contributed by atoms with Crippen LogP contribution in [-0.2, 0) is 9.53 Å². The van der Waals surface area contributed by atoms with Gasteiger partial charge >= 0.3 is 5.97 Å². The highest BCUT2D eigenvalue weighted by Gasteiger charge is 2.18. The summed E-state index contributed by atoms with van der Waals surface area (Å²) in [6.45, 7) is 3.78. The van der Waals surface area contributed by atoms with Crippen molar-refractivity contribution in [2.45, 2.75) is 20.0 Å². The molecule has 0 fully saturated rings. The highest BCUT2D eigenvalue weighted by molar-refractivity contribution is 5.93. The third-order valence-corrected chi connectivity index (χ3v) is 2.47. The number of anilines is 1. The van der Waals surface area contributed by atoms with Crippen LogP contribution < -0.4 is 15.8 Å². The average molecular weight is 266 g/mol. The van der Waals surface area contributed by atoms with Crippen molar-refractivity contribution in [2.75, 3.05) is 19.4 Å². The molecule has 0 aliphatic heterocycles. The molecule has 0 aliphatic rings. The molecular weight excluding hydrogens is 248 g/mol. The van der Waals surface area contributed by atoms with E-state index in [-0.39, 0.29) is 11.5 Å². The maximum Gasteiger partial charge on any atom is 0.338 e. The van der Waals surface area contributed by atoms with Crippen molar-refractivity contribution in [1.82, 2.24) is 5.32 Å². The smallest absolute Gasteiger partial charge is 0.338 e. The number of esters is 1. The first-order chi connectivity index (χ1) is 8.99. The van der Waals surface area contributed by atoms with Gasteiger partial charge < -0.3 is 20.5 Å². The number of rotatable bonds is 5. The minimum Gasteiger partial charge on any atom is -0.495 e. The van der Waals surface area contributed by atoms with Crippen molar-refractivity contribution >= 4 is 17.6 Å². The molecule has 0 saturated carbocycles. The zero-order valence-corrected chi connectivity index (χ0v) is 11.2. The predicted octanol–water partition coefficient (Wildman–Crippen LogP) is 0.959. The van der Waals surface area contributed by atoms with Gasteiger partial charge in [0.25, 0.3) is 5.91 Å². The second-order valence-corrected chi connectivity index (χ2v) is 3.90. The van der Waals surface area contributed by atoms with Crippen LogP contribution in [0, 0.1) is 0 Å². The van der Waals surface area contributed by atoms with Crippen molar-refractivity contribution in [3.05, 3.63) is 23.8 Å². The fraction of sp³-hybridized carbons (Fsp3) is 0.385. The Kier molecular flexibility index (Phi) is 5.17. The molecular formula is C13H18N2O4. The molecule has 1 unspecified atom stereocenters. The number of nitrogen functional groups attached to an aromatic ring is 1. The van der Waals surface area contributed by atoms with Gasteiger partial charge in [-0.15, -0.1) is 0 Å². The third kappa shape index (κ3) is 3.87. The molecule has 1 rings (SSSR count). The Morgan fingerprint density at radius 1 is 1.42 bits per heavy atom. The number of hydrogen-bond acceptors (Lipinski definition) is 5. The molecule has 0 radical (unpaired) electrons. The molecule has 6 heteroatoms. The van der Waals surface area contributed by atoms with Crippen LogP contribution >= 0.6 is 0 Å². The maximum atomic E-state index is 11.8. The monoisotopic (exact) mass is 266 g/mol. The predicted molar refractivity (Wildman–Crippen MR) is 71.0 cm³/mol. The van der Waals surface area contributed by atoms with Crippen LogP contribution in [0.5, 0.6) is 5.75 Å². The second-order valence-electron chi connectivity index (χ2n) is 3.90. The van der Waals surface area contributed by atoms with E-state index >= 15 is 0 Å². The van der Waals surface area contributed by atoms with Crippen molar-refractivity contribution in [2.24, 2.45) is 0 Å². The van der Waals surface area contributed by atoms with E-state index in [0.29, 0.717) is 18.0 Å². The van der Waals surface area contributed by atoms with Crippen molar-refractivity contribution in [1.29, 1.82) is 0 Å². The molecule has 0 aliphatic carbocycles. The number of amides is 1. The van der Waals surface area contributed by atoms with Gasteiger partial charge in [0.2, 0.25) is 0 Å². The normalized spacial score (nSPS) is 11.5. The molecule has 0 bridgehead atoms. The molecule has 3 N–H and O–H groups in total. The van der Waals surface area contributed by atoms with E-state index in [0.717, 1.165) is 0 Å². The first-order valence-electron chi connectivity index (χ1n) is 5.91. The zero-order chi connectivity index (χ0) is 14.4. The Morgan fingerprint density at radius 2 is 2.11 bits per heavy atom. The summed E-state index contributed by atoms with van der Waals surface area (Å²) < 4.78 is 10.0. The van der Waals surface area contributed by atoms with Crippen molar-refractivity contribution in [3.8, 4) is 5.75 Å². The summed E-state index contributed by atoms with van der Waals surface area (Å²) in [6, 6.07) is 4.55. The minimum absolute atomic E-state index is 0.273. The lowest BCUT2D eigenvalue weighted by Crippen LogP contribution is -2.35. The minimum atomic E-state index is -0.851. The van der Waals surface area contributed by atoms with E-state index in [4.69, 9.17) is 15.2 Å². The molecule has 6 nitrogen and oxygen atoms in total. The van der Waals surface area contributed by atoms with Gasteiger partial charge in [-0.25, -0.2) is 4.79 Å². The average Bonchev–Trinajstić information content (AvgIpc) is 2.38.